The highest BCUT2D eigenvalue weighted by atomic mass is 16.5. The summed E-state index contributed by atoms with van der Waals surface area (Å²) in [7, 11) is 3.45. The van der Waals surface area contributed by atoms with E-state index in [2.05, 4.69) is 15.4 Å². The second kappa shape index (κ2) is 10.1. The predicted octanol–water partition coefficient (Wildman–Crippen LogP) is 3.80. The summed E-state index contributed by atoms with van der Waals surface area (Å²) in [6.45, 7) is 0.659. The largest absolute Gasteiger partial charge is 0.481 e. The van der Waals surface area contributed by atoms with Crippen LogP contribution in [0, 0.1) is 5.92 Å². The van der Waals surface area contributed by atoms with Gasteiger partial charge in [-0.25, -0.2) is 9.78 Å². The van der Waals surface area contributed by atoms with Gasteiger partial charge in [0.05, 0.1) is 35.7 Å². The third-order valence-corrected chi connectivity index (χ3v) is 8.18. The Morgan fingerprint density at radius 2 is 1.82 bits per heavy atom. The molecule has 198 valence electrons. The maximum Gasteiger partial charge on any atom is 0.333 e. The highest BCUT2D eigenvalue weighted by molar-refractivity contribution is 5.94. The Balaban J connectivity index is 1.16. The van der Waals surface area contributed by atoms with Crippen molar-refractivity contribution in [3.8, 4) is 11.6 Å². The molecule has 0 saturated heterocycles. The Hall–Kier alpha value is -3.88. The Morgan fingerprint density at radius 1 is 1.05 bits per heavy atom. The molecule has 3 heterocycles. The number of para-hydroxylation sites is 2. The highest BCUT2D eigenvalue weighted by Crippen LogP contribution is 2.29. The zero-order valence-corrected chi connectivity index (χ0v) is 22.0. The number of pyridine rings is 1. The van der Waals surface area contributed by atoms with Gasteiger partial charge in [-0.3, -0.25) is 18.6 Å². The van der Waals surface area contributed by atoms with Gasteiger partial charge < -0.3 is 10.1 Å². The van der Waals surface area contributed by atoms with Gasteiger partial charge in [0.1, 0.15) is 5.69 Å². The Labute approximate surface area is 221 Å². The number of benzene rings is 1. The Bertz CT molecular complexity index is 1520. The Morgan fingerprint density at radius 3 is 2.55 bits per heavy atom. The first kappa shape index (κ1) is 24.5. The van der Waals surface area contributed by atoms with E-state index in [4.69, 9.17) is 4.74 Å². The number of hydrogen-bond donors (Lipinski definition) is 1. The first-order valence-corrected chi connectivity index (χ1v) is 13.6. The van der Waals surface area contributed by atoms with Gasteiger partial charge >= 0.3 is 5.69 Å². The van der Waals surface area contributed by atoms with Gasteiger partial charge in [-0.1, -0.05) is 12.1 Å². The van der Waals surface area contributed by atoms with Crippen LogP contribution in [-0.4, -0.2) is 43.0 Å². The van der Waals surface area contributed by atoms with Crippen molar-refractivity contribution in [1.82, 2.24) is 29.2 Å². The summed E-state index contributed by atoms with van der Waals surface area (Å²) in [6.07, 6.45) is 9.58. The lowest BCUT2D eigenvalue weighted by atomic mass is 9.85. The number of aryl methyl sites for hydroxylation is 2. The number of rotatable bonds is 6. The van der Waals surface area contributed by atoms with E-state index < -0.39 is 0 Å². The molecule has 38 heavy (non-hydrogen) atoms. The number of fused-ring (bicyclic) bond motifs is 2. The van der Waals surface area contributed by atoms with Crippen molar-refractivity contribution >= 4 is 16.9 Å². The second-order valence-electron chi connectivity index (χ2n) is 10.6. The van der Waals surface area contributed by atoms with Crippen LogP contribution in [0.25, 0.3) is 16.7 Å². The molecule has 1 N–H and O–H groups in total. The summed E-state index contributed by atoms with van der Waals surface area (Å²) in [5.74, 6) is 0.884. The summed E-state index contributed by atoms with van der Waals surface area (Å²) >= 11 is 0. The number of carbonyl (C=O) groups is 1. The van der Waals surface area contributed by atoms with Crippen molar-refractivity contribution in [1.29, 1.82) is 0 Å². The normalized spacial score (nSPS) is 19.3. The maximum atomic E-state index is 13.6. The SMILES string of the molecule is COc1ccc(-n2c(=O)n(C[C@H]3CC[C@H](NC(=O)c4c5c(nn4C)CCCC5)CC3)c3ccccc32)cn1. The molecule has 1 aromatic carbocycles. The molecular weight excluding hydrogens is 480 g/mol. The second-order valence-corrected chi connectivity index (χ2v) is 10.6. The lowest BCUT2D eigenvalue weighted by Gasteiger charge is -2.29. The first-order chi connectivity index (χ1) is 18.5. The highest BCUT2D eigenvalue weighted by Gasteiger charge is 2.28. The number of nitrogens with zero attached hydrogens (tertiary/aromatic N) is 5. The maximum absolute atomic E-state index is 13.6. The predicted molar refractivity (Wildman–Crippen MR) is 145 cm³/mol. The standard InChI is InChI=1S/C29H34N6O3/c1-33-27(22-7-3-4-8-23(22)32-33)28(36)31-20-13-11-19(12-14-20)18-34-24-9-5-6-10-25(24)35(29(34)37)21-15-16-26(38-2)30-17-21/h5-6,9-10,15-17,19-20H,3-4,7-8,11-14,18H2,1-2H3,(H,31,36)/t19-,20-. The van der Waals surface area contributed by atoms with Crippen LogP contribution in [0.4, 0.5) is 0 Å². The molecule has 1 fully saturated rings. The third-order valence-electron chi connectivity index (χ3n) is 8.18. The number of nitrogens with one attached hydrogen (secondary N) is 1. The van der Waals surface area contributed by atoms with Crippen LogP contribution >= 0.6 is 0 Å². The molecule has 0 unspecified atom stereocenters. The van der Waals surface area contributed by atoms with Crippen LogP contribution < -0.4 is 15.7 Å². The molecular formula is C29H34N6O3. The van der Waals surface area contributed by atoms with Crippen molar-refractivity contribution in [2.24, 2.45) is 13.0 Å². The number of ether oxygens (including phenoxy) is 1. The molecule has 0 spiro atoms. The van der Waals surface area contributed by atoms with Gasteiger partial charge in [-0.15, -0.1) is 0 Å². The fourth-order valence-electron chi connectivity index (χ4n) is 6.23. The zero-order valence-electron chi connectivity index (χ0n) is 22.0. The van der Waals surface area contributed by atoms with Gasteiger partial charge in [0.25, 0.3) is 5.91 Å². The van der Waals surface area contributed by atoms with Crippen LogP contribution in [0.15, 0.2) is 47.4 Å². The average molecular weight is 515 g/mol. The van der Waals surface area contributed by atoms with Gasteiger partial charge in [-0.2, -0.15) is 5.10 Å². The van der Waals surface area contributed by atoms with Crippen LogP contribution in [-0.2, 0) is 26.4 Å². The minimum absolute atomic E-state index is 0.000934. The molecule has 9 heteroatoms. The molecule has 2 aliphatic carbocycles. The molecule has 6 rings (SSSR count). The quantitative estimate of drug-likeness (QED) is 0.422. The topological polar surface area (TPSA) is 96.0 Å². The Kier molecular flexibility index (Phi) is 6.51. The third kappa shape index (κ3) is 4.40. The molecule has 2 aliphatic rings. The number of methoxy groups -OCH3 is 1. The average Bonchev–Trinajstić information content (AvgIpc) is 3.42. The van der Waals surface area contributed by atoms with Crippen molar-refractivity contribution in [3.63, 3.8) is 0 Å². The van der Waals surface area contributed by atoms with Gasteiger partial charge in [0.2, 0.25) is 5.88 Å². The summed E-state index contributed by atoms with van der Waals surface area (Å²) in [5, 5.41) is 7.88. The van der Waals surface area contributed by atoms with Gasteiger partial charge in [0, 0.05) is 31.3 Å². The minimum Gasteiger partial charge on any atom is -0.481 e. The van der Waals surface area contributed by atoms with Crippen LogP contribution in [0.2, 0.25) is 0 Å². The monoisotopic (exact) mass is 514 g/mol. The minimum atomic E-state index is -0.0606. The van der Waals surface area contributed by atoms with E-state index in [-0.39, 0.29) is 17.6 Å². The smallest absolute Gasteiger partial charge is 0.333 e. The first-order valence-electron chi connectivity index (χ1n) is 13.6. The number of aromatic nitrogens is 5. The fraction of sp³-hybridized carbons (Fsp3) is 0.448. The van der Waals surface area contributed by atoms with Crippen molar-refractivity contribution in [3.05, 3.63) is 70.0 Å². The van der Waals surface area contributed by atoms with Gasteiger partial charge in [-0.05, 0) is 75.5 Å². The number of amides is 1. The number of carbonyl (C=O) groups excluding carboxylic acids is 1. The molecule has 0 atom stereocenters. The molecule has 1 saturated carbocycles. The van der Waals surface area contributed by atoms with Crippen molar-refractivity contribution in [2.45, 2.75) is 64.0 Å². The zero-order chi connectivity index (χ0) is 26.2. The number of imidazole rings is 1. The van der Waals surface area contributed by atoms with E-state index in [1.54, 1.807) is 28.6 Å². The van der Waals surface area contributed by atoms with Gasteiger partial charge in [0.15, 0.2) is 0 Å². The molecule has 9 nitrogen and oxygen atoms in total. The van der Waals surface area contributed by atoms with E-state index >= 15 is 0 Å². The van der Waals surface area contributed by atoms with Crippen molar-refractivity contribution in [2.75, 3.05) is 7.11 Å². The fourth-order valence-corrected chi connectivity index (χ4v) is 6.23. The summed E-state index contributed by atoms with van der Waals surface area (Å²) in [4.78, 5) is 31.1. The molecule has 3 aromatic heterocycles. The number of hydrogen-bond acceptors (Lipinski definition) is 5. The van der Waals surface area contributed by atoms with Crippen LogP contribution in [0.3, 0.4) is 0 Å². The molecule has 1 amide bonds. The summed E-state index contributed by atoms with van der Waals surface area (Å²) in [5.41, 5.74) is 5.39. The molecule has 0 bridgehead atoms. The van der Waals surface area contributed by atoms with Crippen molar-refractivity contribution < 1.29 is 9.53 Å². The molecule has 4 aromatic rings. The van der Waals surface area contributed by atoms with E-state index in [0.29, 0.717) is 18.3 Å². The lowest BCUT2D eigenvalue weighted by molar-refractivity contribution is 0.0910. The van der Waals surface area contributed by atoms with Crippen LogP contribution in [0.5, 0.6) is 5.88 Å². The van der Waals surface area contributed by atoms with Crippen LogP contribution in [0.1, 0.15) is 60.3 Å². The van der Waals surface area contributed by atoms with E-state index in [1.165, 1.54) is 0 Å². The van der Waals surface area contributed by atoms with E-state index in [9.17, 15) is 9.59 Å². The molecule has 0 radical (unpaired) electrons. The van der Waals surface area contributed by atoms with E-state index in [1.807, 2.05) is 41.9 Å². The lowest BCUT2D eigenvalue weighted by Crippen LogP contribution is -2.39. The molecule has 0 aliphatic heterocycles. The van der Waals surface area contributed by atoms with E-state index in [0.717, 1.165) is 85.0 Å². The summed E-state index contributed by atoms with van der Waals surface area (Å²) < 4.78 is 10.6. The summed E-state index contributed by atoms with van der Waals surface area (Å²) in [6, 6.07) is 11.7.